The van der Waals surface area contributed by atoms with Crippen LogP contribution in [0, 0.1) is 12.3 Å². The molecule has 1 aromatic heterocycles. The molecule has 2 heterocycles. The molecular formula is C46H54F3N7O8S. The molecule has 19 heteroatoms. The molecular weight excluding hydrogens is 868 g/mol. The quantitative estimate of drug-likeness (QED) is 0.0775. The van der Waals surface area contributed by atoms with Crippen molar-refractivity contribution in [2.75, 3.05) is 18.4 Å². The Hall–Kier alpha value is -6.21. The molecule has 6 amide bonds. The SMILES string of the molecule is Cc1ncsc1-c1ccc(CNC(=O)C2CC(O)CN2C(=O)C(NC(=O)CCNC(=O)c2ccc(OC3CCC(NC(=O)Nc4ccc(OC(F)(F)F)cc4)CC3)cc2)C(C)(C)C)cc1. The lowest BCUT2D eigenvalue weighted by Crippen LogP contribution is -2.57. The molecule has 0 bridgehead atoms. The highest BCUT2D eigenvalue weighted by Gasteiger charge is 2.44. The van der Waals surface area contributed by atoms with Gasteiger partial charge in [-0.2, -0.15) is 0 Å². The summed E-state index contributed by atoms with van der Waals surface area (Å²) in [5.74, 6) is -1.61. The molecule has 2 aliphatic rings. The minimum atomic E-state index is -4.81. The average Bonchev–Trinajstić information content (AvgIpc) is 3.87. The molecule has 4 aromatic rings. The maximum atomic E-state index is 14.0. The van der Waals surface area contributed by atoms with Crippen molar-refractivity contribution in [3.63, 3.8) is 0 Å². The Bertz CT molecular complexity index is 2280. The third-order valence-electron chi connectivity index (χ3n) is 11.1. The second kappa shape index (κ2) is 21.2. The van der Waals surface area contributed by atoms with E-state index in [0.717, 1.165) is 33.8 Å². The fourth-order valence-corrected chi connectivity index (χ4v) is 8.51. The van der Waals surface area contributed by atoms with Crippen molar-refractivity contribution in [3.8, 4) is 21.9 Å². The summed E-state index contributed by atoms with van der Waals surface area (Å²) in [7, 11) is 0. The molecule has 6 N–H and O–H groups in total. The number of urea groups is 1. The monoisotopic (exact) mass is 921 g/mol. The Kier molecular flexibility index (Phi) is 15.7. The Morgan fingerprint density at radius 2 is 1.55 bits per heavy atom. The number of halogens is 3. The van der Waals surface area contributed by atoms with Gasteiger partial charge >= 0.3 is 12.4 Å². The van der Waals surface area contributed by atoms with Gasteiger partial charge in [0.25, 0.3) is 5.91 Å². The second-order valence-electron chi connectivity index (χ2n) is 17.2. The van der Waals surface area contributed by atoms with Gasteiger partial charge in [-0.1, -0.05) is 45.0 Å². The van der Waals surface area contributed by atoms with E-state index in [1.165, 1.54) is 17.0 Å². The largest absolute Gasteiger partial charge is 0.573 e. The lowest BCUT2D eigenvalue weighted by Gasteiger charge is -2.35. The first-order valence-electron chi connectivity index (χ1n) is 21.3. The maximum Gasteiger partial charge on any atom is 0.573 e. The fourth-order valence-electron chi connectivity index (χ4n) is 7.70. The second-order valence-corrected chi connectivity index (χ2v) is 18.1. The van der Waals surface area contributed by atoms with E-state index in [4.69, 9.17) is 4.74 Å². The van der Waals surface area contributed by atoms with Crippen LogP contribution in [0.5, 0.6) is 11.5 Å². The number of nitrogens with one attached hydrogen (secondary N) is 5. The zero-order valence-corrected chi connectivity index (χ0v) is 37.3. The highest BCUT2D eigenvalue weighted by atomic mass is 32.1. The Morgan fingerprint density at radius 3 is 2.17 bits per heavy atom. The summed E-state index contributed by atoms with van der Waals surface area (Å²) in [6, 6.07) is 16.6. The number of likely N-dealkylation sites (tertiary alicyclic amines) is 1. The molecule has 15 nitrogen and oxygen atoms in total. The molecule has 3 atom stereocenters. The van der Waals surface area contributed by atoms with Gasteiger partial charge in [0.1, 0.15) is 23.6 Å². The number of aliphatic hydroxyl groups excluding tert-OH is 1. The van der Waals surface area contributed by atoms with Crippen molar-refractivity contribution in [3.05, 3.63) is 95.1 Å². The van der Waals surface area contributed by atoms with Gasteiger partial charge in [-0.05, 0) is 97.7 Å². The smallest absolute Gasteiger partial charge is 0.490 e. The number of hydrogen-bond donors (Lipinski definition) is 6. The highest BCUT2D eigenvalue weighted by molar-refractivity contribution is 7.13. The number of aryl methyl sites for hydroxylation is 1. The molecule has 3 unspecified atom stereocenters. The van der Waals surface area contributed by atoms with Gasteiger partial charge in [0, 0.05) is 49.8 Å². The third kappa shape index (κ3) is 13.9. The molecule has 1 aliphatic heterocycles. The fraction of sp³-hybridized carbons (Fsp3) is 0.435. The van der Waals surface area contributed by atoms with Gasteiger partial charge in [0.15, 0.2) is 0 Å². The molecule has 348 valence electrons. The van der Waals surface area contributed by atoms with Crippen LogP contribution < -0.4 is 36.1 Å². The summed E-state index contributed by atoms with van der Waals surface area (Å²) in [4.78, 5) is 72.7. The highest BCUT2D eigenvalue weighted by Crippen LogP contribution is 2.30. The first kappa shape index (κ1) is 48.3. The molecule has 0 radical (unpaired) electrons. The van der Waals surface area contributed by atoms with Crippen LogP contribution in [-0.4, -0.2) is 94.4 Å². The average molecular weight is 922 g/mol. The van der Waals surface area contributed by atoms with Crippen LogP contribution >= 0.6 is 11.3 Å². The number of β-amino-alcohol motifs (C(OH)–C–C–N with tert-alkyl or cyclic N) is 1. The molecule has 2 fully saturated rings. The predicted molar refractivity (Wildman–Crippen MR) is 237 cm³/mol. The number of aliphatic hydroxyl groups is 1. The number of aromatic nitrogens is 1. The number of ether oxygens (including phenoxy) is 2. The van der Waals surface area contributed by atoms with Gasteiger partial charge in [0.2, 0.25) is 17.7 Å². The number of nitrogens with zero attached hydrogens (tertiary/aromatic N) is 2. The minimum Gasteiger partial charge on any atom is -0.490 e. The number of carbonyl (C=O) groups is 5. The van der Waals surface area contributed by atoms with E-state index in [2.05, 4.69) is 36.3 Å². The number of thiazole rings is 1. The predicted octanol–water partition coefficient (Wildman–Crippen LogP) is 6.46. The summed E-state index contributed by atoms with van der Waals surface area (Å²) < 4.78 is 47.2. The number of rotatable bonds is 15. The molecule has 1 saturated carbocycles. The summed E-state index contributed by atoms with van der Waals surface area (Å²) >= 11 is 1.55. The molecule has 65 heavy (non-hydrogen) atoms. The maximum absolute atomic E-state index is 14.0. The summed E-state index contributed by atoms with van der Waals surface area (Å²) in [6.07, 6.45) is -3.31. The summed E-state index contributed by atoms with van der Waals surface area (Å²) in [5, 5.41) is 24.5. The number of amides is 6. The van der Waals surface area contributed by atoms with Crippen LogP contribution in [0.4, 0.5) is 23.7 Å². The lowest BCUT2D eigenvalue weighted by atomic mass is 9.85. The van der Waals surface area contributed by atoms with E-state index in [0.29, 0.717) is 42.7 Å². The van der Waals surface area contributed by atoms with Gasteiger partial charge in [-0.15, -0.1) is 24.5 Å². The lowest BCUT2D eigenvalue weighted by molar-refractivity contribution is -0.274. The van der Waals surface area contributed by atoms with Gasteiger partial charge < -0.3 is 46.1 Å². The van der Waals surface area contributed by atoms with Crippen LogP contribution in [-0.2, 0) is 20.9 Å². The topological polar surface area (TPSA) is 200 Å². The van der Waals surface area contributed by atoms with Crippen LogP contribution in [0.25, 0.3) is 10.4 Å². The van der Waals surface area contributed by atoms with Crippen LogP contribution in [0.15, 0.2) is 78.3 Å². The van der Waals surface area contributed by atoms with Crippen LogP contribution in [0.1, 0.15) is 80.9 Å². The molecule has 1 aliphatic carbocycles. The Balaban J connectivity index is 0.907. The normalized spacial score (nSPS) is 19.1. The number of hydrogen-bond acceptors (Lipinski definition) is 10. The van der Waals surface area contributed by atoms with E-state index in [1.54, 1.807) is 61.9 Å². The van der Waals surface area contributed by atoms with Crippen molar-refractivity contribution >= 4 is 46.7 Å². The number of anilines is 1. The summed E-state index contributed by atoms with van der Waals surface area (Å²) in [6.45, 7) is 7.50. The third-order valence-corrected chi connectivity index (χ3v) is 12.1. The zero-order valence-electron chi connectivity index (χ0n) is 36.5. The van der Waals surface area contributed by atoms with Crippen molar-refractivity contribution in [1.29, 1.82) is 0 Å². The minimum absolute atomic E-state index is 0.00920. The zero-order chi connectivity index (χ0) is 46.9. The molecule has 6 rings (SSSR count). The van der Waals surface area contributed by atoms with E-state index in [-0.39, 0.29) is 44.6 Å². The van der Waals surface area contributed by atoms with Crippen molar-refractivity contribution in [2.24, 2.45) is 5.41 Å². The number of carbonyl (C=O) groups excluding carboxylic acids is 5. The molecule has 0 spiro atoms. The van der Waals surface area contributed by atoms with Gasteiger partial charge in [-0.3, -0.25) is 19.2 Å². The summed E-state index contributed by atoms with van der Waals surface area (Å²) in [5.41, 5.74) is 4.54. The first-order chi connectivity index (χ1) is 30.8. The van der Waals surface area contributed by atoms with Crippen molar-refractivity contribution in [2.45, 2.75) is 109 Å². The number of alkyl halides is 3. The van der Waals surface area contributed by atoms with Crippen molar-refractivity contribution < 1.29 is 51.7 Å². The number of benzene rings is 3. The van der Waals surface area contributed by atoms with E-state index >= 15 is 0 Å². The van der Waals surface area contributed by atoms with Gasteiger partial charge in [0.05, 0.1) is 28.3 Å². The first-order valence-corrected chi connectivity index (χ1v) is 22.2. The standard InChI is InChI=1S/C46H54F3N7O8S/c1-27-39(65-26-52-27)29-7-5-28(6-8-29)24-51-42(60)37-23-33(57)25-56(37)43(61)40(45(2,3)4)55-38(58)21-22-50-41(59)30-9-15-34(16-10-30)63-35-17-11-31(12-18-35)53-44(62)54-32-13-19-36(20-14-32)64-46(47,48)49/h5-10,13-16,19-20,26,31,33,35,37,40,57H,11-12,17-18,21-25H2,1-4H3,(H,50,59)(H,51,60)(H,55,58)(H2,53,54,62). The van der Waals surface area contributed by atoms with Crippen LogP contribution in [0.2, 0.25) is 0 Å². The van der Waals surface area contributed by atoms with Crippen molar-refractivity contribution in [1.82, 2.24) is 31.2 Å². The Morgan fingerprint density at radius 1 is 0.892 bits per heavy atom. The van der Waals surface area contributed by atoms with Gasteiger partial charge in [-0.25, -0.2) is 9.78 Å². The van der Waals surface area contributed by atoms with Crippen LogP contribution in [0.3, 0.4) is 0 Å². The van der Waals surface area contributed by atoms with E-state index < -0.39 is 65.4 Å². The Labute approximate surface area is 378 Å². The molecule has 1 saturated heterocycles. The molecule has 3 aromatic carbocycles. The van der Waals surface area contributed by atoms with E-state index in [1.807, 2.05) is 31.2 Å². The van der Waals surface area contributed by atoms with E-state index in [9.17, 15) is 42.3 Å².